The zero-order valence-electron chi connectivity index (χ0n) is 11.8. The van der Waals surface area contributed by atoms with E-state index < -0.39 is 0 Å². The number of rotatable bonds is 4. The summed E-state index contributed by atoms with van der Waals surface area (Å²) in [5, 5.41) is 0. The molecule has 21 heavy (non-hydrogen) atoms. The molecule has 0 saturated heterocycles. The van der Waals surface area contributed by atoms with Crippen LogP contribution in [0.2, 0.25) is 0 Å². The predicted molar refractivity (Wildman–Crippen MR) is 91.9 cm³/mol. The van der Waals surface area contributed by atoms with Crippen LogP contribution in [0.5, 0.6) is 0 Å². The quantitative estimate of drug-likeness (QED) is 0.590. The molecule has 0 fully saturated rings. The van der Waals surface area contributed by atoms with Crippen molar-refractivity contribution in [2.24, 2.45) is 0 Å². The fourth-order valence-electron chi connectivity index (χ4n) is 2.63. The number of halogens is 2. The van der Waals surface area contributed by atoms with E-state index in [1.165, 1.54) is 11.1 Å². The van der Waals surface area contributed by atoms with E-state index >= 15 is 0 Å². The standard InChI is InChI=1S/C17H16BrClN2/c1-12-4-2-3-5-13(12)8-9-21-16-7-6-14(18)10-15(16)20-17(21)11-19/h2-7,10H,8-9,11H2,1H3. The molecule has 0 unspecified atom stereocenters. The molecule has 0 aliphatic heterocycles. The summed E-state index contributed by atoms with van der Waals surface area (Å²) in [5.74, 6) is 1.36. The molecule has 108 valence electrons. The Morgan fingerprint density at radius 1 is 1.19 bits per heavy atom. The molecule has 3 aromatic rings. The minimum absolute atomic E-state index is 0.431. The molecule has 0 bridgehead atoms. The molecule has 0 spiro atoms. The molecule has 2 aromatic carbocycles. The van der Waals surface area contributed by atoms with Crippen LogP contribution in [0, 0.1) is 6.92 Å². The van der Waals surface area contributed by atoms with Crippen molar-refractivity contribution in [1.82, 2.24) is 9.55 Å². The molecule has 2 nitrogen and oxygen atoms in total. The molecule has 0 aliphatic carbocycles. The fourth-order valence-corrected chi connectivity index (χ4v) is 3.18. The van der Waals surface area contributed by atoms with Gasteiger partial charge in [0, 0.05) is 11.0 Å². The Morgan fingerprint density at radius 3 is 2.76 bits per heavy atom. The Hall–Kier alpha value is -1.32. The summed E-state index contributed by atoms with van der Waals surface area (Å²) in [7, 11) is 0. The molecule has 0 atom stereocenters. The average Bonchev–Trinajstić information content (AvgIpc) is 2.83. The number of aryl methyl sites for hydroxylation is 3. The van der Waals surface area contributed by atoms with Gasteiger partial charge in [0.25, 0.3) is 0 Å². The van der Waals surface area contributed by atoms with Crippen molar-refractivity contribution in [3.63, 3.8) is 0 Å². The SMILES string of the molecule is Cc1ccccc1CCn1c(CCl)nc2cc(Br)ccc21. The first-order valence-corrected chi connectivity index (χ1v) is 8.27. The Labute approximate surface area is 137 Å². The van der Waals surface area contributed by atoms with Crippen molar-refractivity contribution in [3.8, 4) is 0 Å². The topological polar surface area (TPSA) is 17.8 Å². The number of aromatic nitrogens is 2. The smallest absolute Gasteiger partial charge is 0.124 e. The van der Waals surface area contributed by atoms with Crippen LogP contribution in [0.25, 0.3) is 11.0 Å². The number of hydrogen-bond donors (Lipinski definition) is 0. The van der Waals surface area contributed by atoms with Crippen molar-refractivity contribution in [2.45, 2.75) is 25.8 Å². The fraction of sp³-hybridized carbons (Fsp3) is 0.235. The van der Waals surface area contributed by atoms with Gasteiger partial charge in [0.15, 0.2) is 0 Å². The minimum atomic E-state index is 0.431. The Bertz CT molecular complexity index is 780. The molecule has 0 saturated carbocycles. The molecule has 1 heterocycles. The number of fused-ring (bicyclic) bond motifs is 1. The lowest BCUT2D eigenvalue weighted by Gasteiger charge is -2.09. The van der Waals surface area contributed by atoms with Crippen molar-refractivity contribution in [3.05, 3.63) is 63.9 Å². The Morgan fingerprint density at radius 2 is 2.00 bits per heavy atom. The monoisotopic (exact) mass is 362 g/mol. The van der Waals surface area contributed by atoms with Crippen LogP contribution in [-0.4, -0.2) is 9.55 Å². The number of imidazole rings is 1. The Balaban J connectivity index is 1.94. The Kier molecular flexibility index (Phi) is 4.32. The first-order valence-electron chi connectivity index (χ1n) is 6.94. The van der Waals surface area contributed by atoms with E-state index in [0.29, 0.717) is 5.88 Å². The molecular weight excluding hydrogens is 348 g/mol. The second-order valence-corrected chi connectivity index (χ2v) is 6.31. The molecular formula is C17H16BrClN2. The van der Waals surface area contributed by atoms with E-state index in [4.69, 9.17) is 11.6 Å². The lowest BCUT2D eigenvalue weighted by atomic mass is 10.1. The third-order valence-electron chi connectivity index (χ3n) is 3.77. The zero-order valence-corrected chi connectivity index (χ0v) is 14.2. The summed E-state index contributed by atoms with van der Waals surface area (Å²) in [6.07, 6.45) is 0.984. The summed E-state index contributed by atoms with van der Waals surface area (Å²) in [5.41, 5.74) is 4.83. The van der Waals surface area contributed by atoms with E-state index in [1.807, 2.05) is 12.1 Å². The van der Waals surface area contributed by atoms with E-state index in [-0.39, 0.29) is 0 Å². The van der Waals surface area contributed by atoms with Gasteiger partial charge in [-0.25, -0.2) is 4.98 Å². The second-order valence-electron chi connectivity index (χ2n) is 5.12. The largest absolute Gasteiger partial charge is 0.327 e. The average molecular weight is 364 g/mol. The highest BCUT2D eigenvalue weighted by Crippen LogP contribution is 2.22. The van der Waals surface area contributed by atoms with Crippen LogP contribution in [-0.2, 0) is 18.8 Å². The van der Waals surface area contributed by atoms with E-state index in [9.17, 15) is 0 Å². The van der Waals surface area contributed by atoms with Crippen molar-refractivity contribution < 1.29 is 0 Å². The summed E-state index contributed by atoms with van der Waals surface area (Å²) in [6.45, 7) is 3.05. The van der Waals surface area contributed by atoms with Gasteiger partial charge in [-0.2, -0.15) is 0 Å². The molecule has 0 aliphatic rings. The maximum absolute atomic E-state index is 6.06. The molecule has 0 radical (unpaired) electrons. The number of alkyl halides is 1. The number of benzene rings is 2. The lowest BCUT2D eigenvalue weighted by molar-refractivity contribution is 0.686. The third-order valence-corrected chi connectivity index (χ3v) is 4.51. The maximum atomic E-state index is 6.06. The third kappa shape index (κ3) is 2.99. The molecule has 0 amide bonds. The van der Waals surface area contributed by atoms with Gasteiger partial charge >= 0.3 is 0 Å². The zero-order chi connectivity index (χ0) is 14.8. The van der Waals surface area contributed by atoms with Crippen molar-refractivity contribution >= 4 is 38.6 Å². The van der Waals surface area contributed by atoms with E-state index in [1.54, 1.807) is 0 Å². The van der Waals surface area contributed by atoms with Crippen molar-refractivity contribution in [1.29, 1.82) is 0 Å². The van der Waals surface area contributed by atoms with Crippen LogP contribution in [0.4, 0.5) is 0 Å². The highest BCUT2D eigenvalue weighted by molar-refractivity contribution is 9.10. The lowest BCUT2D eigenvalue weighted by Crippen LogP contribution is -2.05. The normalized spacial score (nSPS) is 11.2. The molecule has 0 N–H and O–H groups in total. The van der Waals surface area contributed by atoms with Gasteiger partial charge in [-0.1, -0.05) is 40.2 Å². The van der Waals surface area contributed by atoms with Gasteiger partial charge < -0.3 is 4.57 Å². The van der Waals surface area contributed by atoms with Gasteiger partial charge in [0.2, 0.25) is 0 Å². The van der Waals surface area contributed by atoms with Gasteiger partial charge in [0.05, 0.1) is 16.9 Å². The van der Waals surface area contributed by atoms with Gasteiger partial charge in [-0.05, 0) is 42.7 Å². The summed E-state index contributed by atoms with van der Waals surface area (Å²) < 4.78 is 3.26. The minimum Gasteiger partial charge on any atom is -0.327 e. The number of nitrogens with zero attached hydrogens (tertiary/aromatic N) is 2. The van der Waals surface area contributed by atoms with Crippen LogP contribution >= 0.6 is 27.5 Å². The predicted octanol–water partition coefficient (Wildman–Crippen LogP) is 5.09. The summed E-state index contributed by atoms with van der Waals surface area (Å²) in [6, 6.07) is 14.7. The first-order chi connectivity index (χ1) is 10.2. The maximum Gasteiger partial charge on any atom is 0.124 e. The van der Waals surface area contributed by atoms with E-state index in [2.05, 4.69) is 62.7 Å². The van der Waals surface area contributed by atoms with Crippen LogP contribution < -0.4 is 0 Å². The summed E-state index contributed by atoms with van der Waals surface area (Å²) >= 11 is 9.55. The highest BCUT2D eigenvalue weighted by Gasteiger charge is 2.10. The van der Waals surface area contributed by atoms with Crippen LogP contribution in [0.3, 0.4) is 0 Å². The van der Waals surface area contributed by atoms with Crippen molar-refractivity contribution in [2.75, 3.05) is 0 Å². The highest BCUT2D eigenvalue weighted by atomic mass is 79.9. The van der Waals surface area contributed by atoms with Crippen LogP contribution in [0.15, 0.2) is 46.9 Å². The first kappa shape index (κ1) is 14.6. The molecule has 1 aromatic heterocycles. The van der Waals surface area contributed by atoms with Crippen LogP contribution in [0.1, 0.15) is 17.0 Å². The second kappa shape index (κ2) is 6.20. The van der Waals surface area contributed by atoms with E-state index in [0.717, 1.165) is 34.3 Å². The molecule has 4 heteroatoms. The van der Waals surface area contributed by atoms with Gasteiger partial charge in [-0.15, -0.1) is 11.6 Å². The molecule has 3 rings (SSSR count). The van der Waals surface area contributed by atoms with Gasteiger partial charge in [-0.3, -0.25) is 0 Å². The number of hydrogen-bond acceptors (Lipinski definition) is 1. The van der Waals surface area contributed by atoms with Gasteiger partial charge in [0.1, 0.15) is 5.82 Å². The summed E-state index contributed by atoms with van der Waals surface area (Å²) in [4.78, 5) is 4.63.